The van der Waals surface area contributed by atoms with Gasteiger partial charge in [-0.05, 0) is 43.0 Å². The molecule has 1 aliphatic heterocycles. The monoisotopic (exact) mass is 352 g/mol. The highest BCUT2D eigenvalue weighted by Gasteiger charge is 2.39. The molecule has 4 nitrogen and oxygen atoms in total. The number of primary amides is 1. The number of nitrogens with one attached hydrogen (secondary N) is 1. The molecular formula is C16H23BrN3O. The van der Waals surface area contributed by atoms with Crippen molar-refractivity contribution in [2.75, 3.05) is 25.0 Å². The lowest BCUT2D eigenvalue weighted by molar-refractivity contribution is -0.123. The molecule has 1 aromatic rings. The van der Waals surface area contributed by atoms with E-state index in [1.54, 1.807) is 0 Å². The zero-order chi connectivity index (χ0) is 15.5. The van der Waals surface area contributed by atoms with E-state index in [-0.39, 0.29) is 5.91 Å². The van der Waals surface area contributed by atoms with Gasteiger partial charge in [0.15, 0.2) is 0 Å². The molecule has 1 aliphatic rings. The highest BCUT2D eigenvalue weighted by atomic mass is 79.9. The van der Waals surface area contributed by atoms with Crippen LogP contribution in [0.5, 0.6) is 0 Å². The molecule has 0 aromatic heterocycles. The largest absolute Gasteiger partial charge is 0.371 e. The second-order valence-corrected chi connectivity index (χ2v) is 6.98. The first kappa shape index (κ1) is 16.3. The van der Waals surface area contributed by atoms with Gasteiger partial charge in [-0.2, -0.15) is 0 Å². The number of carbonyl (C=O) groups is 1. The number of hydrogen-bond donors (Lipinski definition) is 2. The Bertz CT molecular complexity index is 479. The summed E-state index contributed by atoms with van der Waals surface area (Å²) >= 11 is 3.42. The van der Waals surface area contributed by atoms with E-state index >= 15 is 0 Å². The number of halogens is 1. The molecule has 1 aromatic carbocycles. The van der Waals surface area contributed by atoms with Crippen molar-refractivity contribution in [3.63, 3.8) is 0 Å². The van der Waals surface area contributed by atoms with Gasteiger partial charge in [0.1, 0.15) is 5.54 Å². The Hall–Kier alpha value is -1.07. The average molecular weight is 353 g/mol. The van der Waals surface area contributed by atoms with Gasteiger partial charge < -0.3 is 16.0 Å². The minimum atomic E-state index is -0.633. The van der Waals surface area contributed by atoms with E-state index in [2.05, 4.69) is 40.0 Å². The summed E-state index contributed by atoms with van der Waals surface area (Å²) < 4.78 is 1.02. The summed E-state index contributed by atoms with van der Waals surface area (Å²) in [6.45, 7) is 7.04. The number of piperidine rings is 1. The Morgan fingerprint density at radius 2 is 1.86 bits per heavy atom. The van der Waals surface area contributed by atoms with Crippen LogP contribution in [0.2, 0.25) is 0 Å². The number of benzene rings is 1. The fourth-order valence-electron chi connectivity index (χ4n) is 2.78. The van der Waals surface area contributed by atoms with Gasteiger partial charge in [-0.25, -0.2) is 0 Å². The first-order chi connectivity index (χ1) is 9.91. The fraction of sp³-hybridized carbons (Fsp3) is 0.500. The van der Waals surface area contributed by atoms with E-state index in [4.69, 9.17) is 5.73 Å². The minimum Gasteiger partial charge on any atom is -0.371 e. The molecule has 1 heterocycles. The van der Waals surface area contributed by atoms with Crippen LogP contribution in [0.25, 0.3) is 0 Å². The SMILES string of the molecule is C[C](C)CN1CCC(Nc2ccc(Br)cc2)(C(N)=O)CC1. The van der Waals surface area contributed by atoms with Gasteiger partial charge in [0.25, 0.3) is 0 Å². The molecule has 1 amide bonds. The second kappa shape index (κ2) is 6.79. The summed E-state index contributed by atoms with van der Waals surface area (Å²) in [6.07, 6.45) is 1.48. The number of likely N-dealkylation sites (tertiary alicyclic amines) is 1. The van der Waals surface area contributed by atoms with Crippen LogP contribution in [0.15, 0.2) is 28.7 Å². The van der Waals surface area contributed by atoms with Crippen molar-refractivity contribution >= 4 is 27.5 Å². The maximum Gasteiger partial charge on any atom is 0.243 e. The number of amides is 1. The average Bonchev–Trinajstić information content (AvgIpc) is 2.43. The van der Waals surface area contributed by atoms with E-state index in [0.29, 0.717) is 0 Å². The molecule has 0 bridgehead atoms. The molecule has 5 heteroatoms. The first-order valence-electron chi connectivity index (χ1n) is 7.26. The van der Waals surface area contributed by atoms with E-state index in [0.717, 1.165) is 42.6 Å². The molecule has 0 aliphatic carbocycles. The van der Waals surface area contributed by atoms with Gasteiger partial charge in [-0.1, -0.05) is 29.8 Å². The smallest absolute Gasteiger partial charge is 0.243 e. The Labute approximate surface area is 135 Å². The van der Waals surface area contributed by atoms with Crippen molar-refractivity contribution < 1.29 is 4.79 Å². The van der Waals surface area contributed by atoms with Crippen LogP contribution in [0.4, 0.5) is 5.69 Å². The molecule has 21 heavy (non-hydrogen) atoms. The van der Waals surface area contributed by atoms with Gasteiger partial charge in [-0.15, -0.1) is 0 Å². The summed E-state index contributed by atoms with van der Waals surface area (Å²) in [5.74, 6) is 1.13. The summed E-state index contributed by atoms with van der Waals surface area (Å²) in [5.41, 5.74) is 5.99. The van der Waals surface area contributed by atoms with Gasteiger partial charge in [0.2, 0.25) is 5.91 Å². The van der Waals surface area contributed by atoms with E-state index in [1.807, 2.05) is 24.3 Å². The number of carbonyl (C=O) groups excluding carboxylic acids is 1. The van der Waals surface area contributed by atoms with E-state index in [1.165, 1.54) is 5.92 Å². The highest BCUT2D eigenvalue weighted by molar-refractivity contribution is 9.10. The second-order valence-electron chi connectivity index (χ2n) is 6.06. The maximum absolute atomic E-state index is 12.0. The van der Waals surface area contributed by atoms with Crippen LogP contribution in [-0.4, -0.2) is 36.0 Å². The molecule has 0 unspecified atom stereocenters. The molecular weight excluding hydrogens is 330 g/mol. The summed E-state index contributed by atoms with van der Waals surface area (Å²) in [5, 5.41) is 3.37. The quantitative estimate of drug-likeness (QED) is 0.856. The van der Waals surface area contributed by atoms with Crippen molar-refractivity contribution in [1.82, 2.24) is 4.90 Å². The molecule has 0 spiro atoms. The van der Waals surface area contributed by atoms with Crippen molar-refractivity contribution in [2.24, 2.45) is 5.73 Å². The maximum atomic E-state index is 12.0. The van der Waals surface area contributed by atoms with Crippen molar-refractivity contribution in [3.05, 3.63) is 34.7 Å². The Balaban J connectivity index is 2.05. The summed E-state index contributed by atoms with van der Waals surface area (Å²) in [6, 6.07) is 7.85. The van der Waals surface area contributed by atoms with Gasteiger partial charge in [0.05, 0.1) is 0 Å². The lowest BCUT2D eigenvalue weighted by Crippen LogP contribution is -2.57. The molecule has 2 rings (SSSR count). The van der Waals surface area contributed by atoms with Crippen molar-refractivity contribution in [2.45, 2.75) is 32.2 Å². The predicted molar refractivity (Wildman–Crippen MR) is 90.0 cm³/mol. The summed E-state index contributed by atoms with van der Waals surface area (Å²) in [4.78, 5) is 14.4. The van der Waals surface area contributed by atoms with Crippen molar-refractivity contribution in [1.29, 1.82) is 0 Å². The lowest BCUT2D eigenvalue weighted by Gasteiger charge is -2.41. The van der Waals surface area contributed by atoms with Gasteiger partial charge >= 0.3 is 0 Å². The topological polar surface area (TPSA) is 58.4 Å². The van der Waals surface area contributed by atoms with Gasteiger partial charge in [-0.3, -0.25) is 4.79 Å². The molecule has 1 radical (unpaired) electrons. The number of nitrogens with two attached hydrogens (primary N) is 1. The van der Waals surface area contributed by atoms with Crippen LogP contribution >= 0.6 is 15.9 Å². The number of nitrogens with zero attached hydrogens (tertiary/aromatic N) is 1. The molecule has 115 valence electrons. The minimum absolute atomic E-state index is 0.262. The molecule has 1 fully saturated rings. The molecule has 0 atom stereocenters. The van der Waals surface area contributed by atoms with E-state index in [9.17, 15) is 4.79 Å². The highest BCUT2D eigenvalue weighted by Crippen LogP contribution is 2.28. The van der Waals surface area contributed by atoms with E-state index < -0.39 is 5.54 Å². The predicted octanol–water partition coefficient (Wildman–Crippen LogP) is 2.80. The third-order valence-electron chi connectivity index (χ3n) is 3.95. The Kier molecular flexibility index (Phi) is 5.27. The lowest BCUT2D eigenvalue weighted by atomic mass is 9.86. The van der Waals surface area contributed by atoms with Crippen LogP contribution in [0.3, 0.4) is 0 Å². The molecule has 3 N–H and O–H groups in total. The zero-order valence-corrected chi connectivity index (χ0v) is 14.2. The Morgan fingerprint density at radius 3 is 2.33 bits per heavy atom. The fourth-order valence-corrected chi connectivity index (χ4v) is 3.05. The zero-order valence-electron chi connectivity index (χ0n) is 12.7. The van der Waals surface area contributed by atoms with Gasteiger partial charge in [0, 0.05) is 29.8 Å². The summed E-state index contributed by atoms with van der Waals surface area (Å²) in [7, 11) is 0. The number of hydrogen-bond acceptors (Lipinski definition) is 3. The standard InChI is InChI=1S/C16H23BrN3O/c1-12(2)11-20-9-7-16(8-10-20,15(18)21)19-14-5-3-13(17)4-6-14/h3-6,19H,7-11H2,1-2H3,(H2,18,21). The van der Waals surface area contributed by atoms with Crippen LogP contribution in [-0.2, 0) is 4.79 Å². The normalized spacial score (nSPS) is 18.7. The van der Waals surface area contributed by atoms with Crippen LogP contribution in [0, 0.1) is 5.92 Å². The number of rotatable bonds is 5. The number of anilines is 1. The molecule has 0 saturated carbocycles. The molecule has 1 saturated heterocycles. The van der Waals surface area contributed by atoms with Crippen LogP contribution < -0.4 is 11.1 Å². The third-order valence-corrected chi connectivity index (χ3v) is 4.48. The first-order valence-corrected chi connectivity index (χ1v) is 8.06. The Morgan fingerprint density at radius 1 is 1.29 bits per heavy atom. The van der Waals surface area contributed by atoms with Crippen LogP contribution in [0.1, 0.15) is 26.7 Å². The van der Waals surface area contributed by atoms with Crippen molar-refractivity contribution in [3.8, 4) is 0 Å². The third kappa shape index (κ3) is 4.20.